The van der Waals surface area contributed by atoms with Gasteiger partial charge >= 0.3 is 0 Å². The lowest BCUT2D eigenvalue weighted by atomic mass is 9.79. The van der Waals surface area contributed by atoms with E-state index in [0.29, 0.717) is 29.1 Å². The Hall–Kier alpha value is -2.41. The molecule has 0 amide bonds. The molecular weight excluding hydrogens is 314 g/mol. The monoisotopic (exact) mass is 329 g/mol. The minimum atomic E-state index is -0.502. The summed E-state index contributed by atoms with van der Waals surface area (Å²) in [5.74, 6) is 1.45. The molecule has 0 radical (unpaired) electrons. The van der Waals surface area contributed by atoms with E-state index in [9.17, 15) is 9.59 Å². The van der Waals surface area contributed by atoms with Crippen LogP contribution < -0.4 is 10.9 Å². The van der Waals surface area contributed by atoms with Crippen molar-refractivity contribution in [2.24, 2.45) is 0 Å². The number of hydrogen-bond donors (Lipinski definition) is 3. The van der Waals surface area contributed by atoms with Crippen LogP contribution >= 0.6 is 12.2 Å². The van der Waals surface area contributed by atoms with Crippen LogP contribution in [0.3, 0.4) is 0 Å². The number of allylic oxidation sites excluding steroid dienone is 2. The van der Waals surface area contributed by atoms with E-state index in [2.05, 4.69) is 15.3 Å². The van der Waals surface area contributed by atoms with Gasteiger partial charge in [-0.3, -0.25) is 14.6 Å². The summed E-state index contributed by atoms with van der Waals surface area (Å²) in [5, 5.41) is 3.19. The molecule has 3 N–H and O–H groups in total. The van der Waals surface area contributed by atoms with Crippen LogP contribution in [0.25, 0.3) is 0 Å². The molecule has 4 rings (SSSR count). The third-order valence-electron chi connectivity index (χ3n) is 4.33. The molecule has 23 heavy (non-hydrogen) atoms. The number of aromatic amines is 2. The number of furan rings is 1. The molecule has 7 heteroatoms. The van der Waals surface area contributed by atoms with E-state index in [1.165, 1.54) is 0 Å². The molecule has 0 spiro atoms. The van der Waals surface area contributed by atoms with Crippen molar-refractivity contribution in [1.29, 1.82) is 0 Å². The van der Waals surface area contributed by atoms with Crippen LogP contribution in [0, 0.1) is 11.7 Å². The summed E-state index contributed by atoms with van der Waals surface area (Å²) >= 11 is 5.06. The maximum atomic E-state index is 12.5. The number of carbonyl (C=O) groups excluding carboxylic acids is 1. The molecule has 3 heterocycles. The van der Waals surface area contributed by atoms with Gasteiger partial charge in [-0.05, 0) is 44.1 Å². The molecule has 0 bridgehead atoms. The van der Waals surface area contributed by atoms with E-state index in [0.717, 1.165) is 24.3 Å². The van der Waals surface area contributed by atoms with Gasteiger partial charge in [0.25, 0.3) is 5.56 Å². The Morgan fingerprint density at radius 2 is 2.04 bits per heavy atom. The van der Waals surface area contributed by atoms with Crippen molar-refractivity contribution in [1.82, 2.24) is 9.97 Å². The SMILES string of the molecule is Cc1ccc(C2C3=C(CCCC3=O)Nc3[nH]c(=S)[nH]c(=O)c32)o1. The van der Waals surface area contributed by atoms with Crippen LogP contribution in [0.4, 0.5) is 5.82 Å². The Labute approximate surface area is 136 Å². The van der Waals surface area contributed by atoms with Crippen LogP contribution in [0.5, 0.6) is 0 Å². The number of Topliss-reactive ketones (excluding diaryl/α,β-unsaturated/α-hetero) is 1. The van der Waals surface area contributed by atoms with Gasteiger partial charge in [-0.25, -0.2) is 0 Å². The van der Waals surface area contributed by atoms with Gasteiger partial charge in [0.2, 0.25) is 0 Å². The van der Waals surface area contributed by atoms with Crippen LogP contribution in [-0.2, 0) is 4.79 Å². The number of carbonyl (C=O) groups is 1. The first-order valence-corrected chi connectivity index (χ1v) is 7.91. The first-order valence-electron chi connectivity index (χ1n) is 7.50. The molecule has 118 valence electrons. The van der Waals surface area contributed by atoms with Crippen LogP contribution in [0.2, 0.25) is 0 Å². The number of nitrogens with one attached hydrogen (secondary N) is 3. The molecule has 1 aliphatic carbocycles. The average molecular weight is 329 g/mol. The topological polar surface area (TPSA) is 90.9 Å². The molecule has 1 aliphatic heterocycles. The Morgan fingerprint density at radius 3 is 2.78 bits per heavy atom. The summed E-state index contributed by atoms with van der Waals surface area (Å²) in [4.78, 5) is 30.6. The zero-order valence-electron chi connectivity index (χ0n) is 12.5. The third-order valence-corrected chi connectivity index (χ3v) is 4.54. The fraction of sp³-hybridized carbons (Fsp3) is 0.312. The quantitative estimate of drug-likeness (QED) is 0.700. The van der Waals surface area contributed by atoms with Gasteiger partial charge in [-0.15, -0.1) is 0 Å². The zero-order valence-corrected chi connectivity index (χ0v) is 13.3. The largest absolute Gasteiger partial charge is 0.465 e. The molecule has 0 aromatic carbocycles. The van der Waals surface area contributed by atoms with Crippen molar-refractivity contribution in [3.8, 4) is 0 Å². The number of aryl methyl sites for hydroxylation is 1. The Bertz CT molecular complexity index is 963. The normalized spacial score (nSPS) is 20.0. The van der Waals surface area contributed by atoms with Gasteiger partial charge in [-0.1, -0.05) is 0 Å². The summed E-state index contributed by atoms with van der Waals surface area (Å²) < 4.78 is 6.01. The fourth-order valence-corrected chi connectivity index (χ4v) is 3.58. The van der Waals surface area contributed by atoms with Crippen LogP contribution in [-0.4, -0.2) is 15.8 Å². The van der Waals surface area contributed by atoms with Crippen molar-refractivity contribution in [3.63, 3.8) is 0 Å². The molecule has 0 saturated heterocycles. The fourth-order valence-electron chi connectivity index (χ4n) is 3.39. The van der Waals surface area contributed by atoms with Crippen molar-refractivity contribution >= 4 is 23.8 Å². The van der Waals surface area contributed by atoms with Crippen LogP contribution in [0.1, 0.15) is 42.3 Å². The van der Waals surface area contributed by atoms with Gasteiger partial charge in [-0.2, -0.15) is 0 Å². The number of anilines is 1. The average Bonchev–Trinajstić information content (AvgIpc) is 2.91. The van der Waals surface area contributed by atoms with Crippen molar-refractivity contribution < 1.29 is 9.21 Å². The Kier molecular flexibility index (Phi) is 3.12. The maximum Gasteiger partial charge on any atom is 0.258 e. The van der Waals surface area contributed by atoms with Crippen molar-refractivity contribution in [3.05, 3.63) is 55.6 Å². The van der Waals surface area contributed by atoms with E-state index < -0.39 is 5.92 Å². The number of fused-ring (bicyclic) bond motifs is 1. The molecule has 2 aromatic rings. The summed E-state index contributed by atoms with van der Waals surface area (Å²) in [6, 6.07) is 3.66. The lowest BCUT2D eigenvalue weighted by molar-refractivity contribution is -0.116. The molecule has 0 saturated carbocycles. The molecular formula is C16H15N3O3S. The third kappa shape index (κ3) is 2.19. The lowest BCUT2D eigenvalue weighted by Gasteiger charge is -2.31. The van der Waals surface area contributed by atoms with Gasteiger partial charge in [0.05, 0.1) is 11.5 Å². The number of rotatable bonds is 1. The molecule has 1 unspecified atom stereocenters. The number of H-pyrrole nitrogens is 2. The smallest absolute Gasteiger partial charge is 0.258 e. The van der Waals surface area contributed by atoms with Gasteiger partial charge < -0.3 is 14.7 Å². The number of ketones is 1. The second-order valence-corrected chi connectivity index (χ2v) is 6.28. The predicted molar refractivity (Wildman–Crippen MR) is 87.0 cm³/mol. The first-order chi connectivity index (χ1) is 11.0. The van der Waals surface area contributed by atoms with Crippen molar-refractivity contribution in [2.45, 2.75) is 32.1 Å². The minimum Gasteiger partial charge on any atom is -0.465 e. The summed E-state index contributed by atoms with van der Waals surface area (Å²) in [6.07, 6.45) is 2.06. The highest BCUT2D eigenvalue weighted by Gasteiger charge is 2.38. The second kappa shape index (κ2) is 5.06. The standard InChI is InChI=1S/C16H15N3O3S/c1-7-5-6-10(22-7)12-11-8(3-2-4-9(11)20)17-14-13(12)15(21)19-16(23)18-14/h5-6,12H,2-4H2,1H3,(H3,17,18,19,21,23). The van der Waals surface area contributed by atoms with Gasteiger partial charge in [0.1, 0.15) is 17.3 Å². The second-order valence-electron chi connectivity index (χ2n) is 5.87. The van der Waals surface area contributed by atoms with Crippen LogP contribution in [0.15, 0.2) is 32.6 Å². The molecule has 6 nitrogen and oxygen atoms in total. The minimum absolute atomic E-state index is 0.0605. The lowest BCUT2D eigenvalue weighted by Crippen LogP contribution is -2.32. The molecule has 2 aliphatic rings. The highest BCUT2D eigenvalue weighted by molar-refractivity contribution is 7.71. The molecule has 2 aromatic heterocycles. The highest BCUT2D eigenvalue weighted by Crippen LogP contribution is 2.43. The Balaban J connectivity index is 2.02. The zero-order chi connectivity index (χ0) is 16.1. The number of hydrogen-bond acceptors (Lipinski definition) is 5. The van der Waals surface area contributed by atoms with Gasteiger partial charge in [0.15, 0.2) is 10.6 Å². The summed E-state index contributed by atoms with van der Waals surface area (Å²) in [7, 11) is 0. The summed E-state index contributed by atoms with van der Waals surface area (Å²) in [5.41, 5.74) is 1.63. The van der Waals surface area contributed by atoms with E-state index in [1.54, 1.807) is 0 Å². The van der Waals surface area contributed by atoms with E-state index in [1.807, 2.05) is 19.1 Å². The Morgan fingerprint density at radius 1 is 1.22 bits per heavy atom. The van der Waals surface area contributed by atoms with Crippen molar-refractivity contribution in [2.75, 3.05) is 5.32 Å². The predicted octanol–water partition coefficient (Wildman–Crippen LogP) is 2.90. The van der Waals surface area contributed by atoms with E-state index in [4.69, 9.17) is 16.6 Å². The highest BCUT2D eigenvalue weighted by atomic mass is 32.1. The van der Waals surface area contributed by atoms with Gasteiger partial charge in [0, 0.05) is 17.7 Å². The first kappa shape index (κ1) is 14.2. The summed E-state index contributed by atoms with van der Waals surface area (Å²) in [6.45, 7) is 1.84. The number of aromatic nitrogens is 2. The molecule has 0 fully saturated rings. The van der Waals surface area contributed by atoms with E-state index in [-0.39, 0.29) is 16.1 Å². The molecule has 1 atom stereocenters. The van der Waals surface area contributed by atoms with E-state index >= 15 is 0 Å². The maximum absolute atomic E-state index is 12.5.